The van der Waals surface area contributed by atoms with Crippen LogP contribution in [0.15, 0.2) is 0 Å². The Bertz CT molecular complexity index is 106. The van der Waals surface area contributed by atoms with Crippen molar-refractivity contribution in [2.45, 2.75) is 26.2 Å². The maximum atomic E-state index is 5.64. The summed E-state index contributed by atoms with van der Waals surface area (Å²) in [4.78, 5) is 0. The highest BCUT2D eigenvalue weighted by atomic mass is 16.5. The van der Waals surface area contributed by atoms with Crippen LogP contribution in [0, 0.1) is 11.8 Å². The van der Waals surface area contributed by atoms with Gasteiger partial charge in [-0.3, -0.25) is 0 Å². The standard InChI is InChI=1S/C9H19NO/c1-2-11-7-9-5-3-4-8(9)6-10/h8-9H,2-7,10H2,1H3. The van der Waals surface area contributed by atoms with Crippen molar-refractivity contribution >= 4 is 0 Å². The summed E-state index contributed by atoms with van der Waals surface area (Å²) >= 11 is 0. The molecule has 0 aromatic rings. The lowest BCUT2D eigenvalue weighted by molar-refractivity contribution is 0.0968. The Hall–Kier alpha value is -0.0800. The third-order valence-electron chi connectivity index (χ3n) is 2.66. The van der Waals surface area contributed by atoms with Crippen molar-refractivity contribution < 1.29 is 4.74 Å². The molecule has 0 amide bonds. The largest absolute Gasteiger partial charge is 0.381 e. The molecule has 2 unspecified atom stereocenters. The highest BCUT2D eigenvalue weighted by Gasteiger charge is 2.25. The average molecular weight is 157 g/mol. The van der Waals surface area contributed by atoms with Crippen molar-refractivity contribution in [1.82, 2.24) is 0 Å². The average Bonchev–Trinajstić information content (AvgIpc) is 2.47. The minimum atomic E-state index is 0.738. The molecule has 0 radical (unpaired) electrons. The summed E-state index contributed by atoms with van der Waals surface area (Å²) in [6.07, 6.45) is 3.98. The summed E-state index contributed by atoms with van der Waals surface area (Å²) in [7, 11) is 0. The molecule has 0 saturated heterocycles. The predicted molar refractivity (Wildman–Crippen MR) is 46.4 cm³/mol. The van der Waals surface area contributed by atoms with E-state index in [4.69, 9.17) is 10.5 Å². The summed E-state index contributed by atoms with van der Waals surface area (Å²) in [5.41, 5.74) is 5.64. The first-order chi connectivity index (χ1) is 5.38. The Morgan fingerprint density at radius 1 is 1.36 bits per heavy atom. The first-order valence-electron chi connectivity index (χ1n) is 4.66. The molecule has 0 bridgehead atoms. The maximum absolute atomic E-state index is 5.64. The zero-order valence-corrected chi connectivity index (χ0v) is 7.38. The Balaban J connectivity index is 2.20. The highest BCUT2D eigenvalue weighted by Crippen LogP contribution is 2.30. The zero-order valence-electron chi connectivity index (χ0n) is 7.38. The SMILES string of the molecule is CCOCC1CCCC1CN. The zero-order chi connectivity index (χ0) is 8.10. The second kappa shape index (κ2) is 4.73. The fourth-order valence-corrected chi connectivity index (χ4v) is 1.91. The van der Waals surface area contributed by atoms with E-state index in [-0.39, 0.29) is 0 Å². The molecule has 0 aliphatic heterocycles. The lowest BCUT2D eigenvalue weighted by atomic mass is 9.97. The Kier molecular flexibility index (Phi) is 3.87. The summed E-state index contributed by atoms with van der Waals surface area (Å²) in [6, 6.07) is 0. The van der Waals surface area contributed by atoms with E-state index in [9.17, 15) is 0 Å². The summed E-state index contributed by atoms with van der Waals surface area (Å²) in [5.74, 6) is 1.49. The molecule has 2 heteroatoms. The monoisotopic (exact) mass is 157 g/mol. The summed E-state index contributed by atoms with van der Waals surface area (Å²) < 4.78 is 5.39. The van der Waals surface area contributed by atoms with Crippen molar-refractivity contribution in [2.24, 2.45) is 17.6 Å². The molecular weight excluding hydrogens is 138 g/mol. The van der Waals surface area contributed by atoms with Gasteiger partial charge in [0.25, 0.3) is 0 Å². The predicted octanol–water partition coefficient (Wildman–Crippen LogP) is 1.40. The van der Waals surface area contributed by atoms with Gasteiger partial charge in [0.05, 0.1) is 0 Å². The molecule has 0 aromatic heterocycles. The van der Waals surface area contributed by atoms with Crippen LogP contribution in [0.3, 0.4) is 0 Å². The lowest BCUT2D eigenvalue weighted by Gasteiger charge is -2.16. The topological polar surface area (TPSA) is 35.2 Å². The number of ether oxygens (including phenoxy) is 1. The lowest BCUT2D eigenvalue weighted by Crippen LogP contribution is -2.22. The van der Waals surface area contributed by atoms with Crippen LogP contribution in [-0.2, 0) is 4.74 Å². The number of hydrogen-bond acceptors (Lipinski definition) is 2. The van der Waals surface area contributed by atoms with Crippen LogP contribution in [0.4, 0.5) is 0 Å². The number of nitrogens with two attached hydrogens (primary N) is 1. The smallest absolute Gasteiger partial charge is 0.0497 e. The van der Waals surface area contributed by atoms with E-state index in [0.29, 0.717) is 0 Å². The van der Waals surface area contributed by atoms with Crippen LogP contribution < -0.4 is 5.73 Å². The molecule has 1 aliphatic carbocycles. The van der Waals surface area contributed by atoms with Crippen molar-refractivity contribution in [3.8, 4) is 0 Å². The van der Waals surface area contributed by atoms with Crippen LogP contribution in [0.5, 0.6) is 0 Å². The third-order valence-corrected chi connectivity index (χ3v) is 2.66. The Labute approximate surface area is 69.1 Å². The normalized spacial score (nSPS) is 31.1. The van der Waals surface area contributed by atoms with Crippen LogP contribution in [0.25, 0.3) is 0 Å². The van der Waals surface area contributed by atoms with Gasteiger partial charge in [-0.2, -0.15) is 0 Å². The molecule has 2 atom stereocenters. The van der Waals surface area contributed by atoms with Crippen molar-refractivity contribution in [1.29, 1.82) is 0 Å². The molecule has 1 aliphatic rings. The van der Waals surface area contributed by atoms with E-state index < -0.39 is 0 Å². The Morgan fingerprint density at radius 3 is 2.73 bits per heavy atom. The fraction of sp³-hybridized carbons (Fsp3) is 1.00. The van der Waals surface area contributed by atoms with E-state index in [1.54, 1.807) is 0 Å². The molecule has 2 nitrogen and oxygen atoms in total. The van der Waals surface area contributed by atoms with Crippen LogP contribution in [0.2, 0.25) is 0 Å². The van der Waals surface area contributed by atoms with Crippen LogP contribution in [0.1, 0.15) is 26.2 Å². The first-order valence-corrected chi connectivity index (χ1v) is 4.66. The van der Waals surface area contributed by atoms with Gasteiger partial charge in [0.1, 0.15) is 0 Å². The Morgan fingerprint density at radius 2 is 2.09 bits per heavy atom. The molecule has 0 spiro atoms. The van der Waals surface area contributed by atoms with Gasteiger partial charge in [-0.25, -0.2) is 0 Å². The molecule has 2 N–H and O–H groups in total. The van der Waals surface area contributed by atoms with Gasteiger partial charge in [0, 0.05) is 13.2 Å². The quantitative estimate of drug-likeness (QED) is 0.669. The van der Waals surface area contributed by atoms with Gasteiger partial charge in [-0.05, 0) is 38.1 Å². The highest BCUT2D eigenvalue weighted by molar-refractivity contribution is 4.77. The van der Waals surface area contributed by atoms with E-state index in [1.165, 1.54) is 19.3 Å². The van der Waals surface area contributed by atoms with Crippen LogP contribution >= 0.6 is 0 Å². The first kappa shape index (κ1) is 9.01. The molecule has 0 aromatic carbocycles. The number of hydrogen-bond donors (Lipinski definition) is 1. The number of rotatable bonds is 4. The van der Waals surface area contributed by atoms with E-state index >= 15 is 0 Å². The molecule has 66 valence electrons. The van der Waals surface area contributed by atoms with E-state index in [2.05, 4.69) is 0 Å². The molecule has 1 fully saturated rings. The van der Waals surface area contributed by atoms with Crippen molar-refractivity contribution in [3.63, 3.8) is 0 Å². The van der Waals surface area contributed by atoms with Crippen molar-refractivity contribution in [2.75, 3.05) is 19.8 Å². The molecule has 11 heavy (non-hydrogen) atoms. The van der Waals surface area contributed by atoms with Gasteiger partial charge in [0.2, 0.25) is 0 Å². The second-order valence-corrected chi connectivity index (χ2v) is 3.35. The van der Waals surface area contributed by atoms with Crippen LogP contribution in [-0.4, -0.2) is 19.8 Å². The van der Waals surface area contributed by atoms with Crippen molar-refractivity contribution in [3.05, 3.63) is 0 Å². The second-order valence-electron chi connectivity index (χ2n) is 3.35. The summed E-state index contributed by atoms with van der Waals surface area (Å²) in [6.45, 7) is 4.66. The van der Waals surface area contributed by atoms with E-state index in [0.717, 1.165) is 31.6 Å². The van der Waals surface area contributed by atoms with Gasteiger partial charge in [0.15, 0.2) is 0 Å². The fourth-order valence-electron chi connectivity index (χ4n) is 1.91. The molecule has 0 heterocycles. The maximum Gasteiger partial charge on any atom is 0.0497 e. The summed E-state index contributed by atoms with van der Waals surface area (Å²) in [5, 5.41) is 0. The minimum Gasteiger partial charge on any atom is -0.381 e. The minimum absolute atomic E-state index is 0.738. The third kappa shape index (κ3) is 2.46. The van der Waals surface area contributed by atoms with Gasteiger partial charge in [-0.15, -0.1) is 0 Å². The molecule has 1 saturated carbocycles. The van der Waals surface area contributed by atoms with Gasteiger partial charge >= 0.3 is 0 Å². The molecular formula is C9H19NO. The van der Waals surface area contributed by atoms with Gasteiger partial charge in [-0.1, -0.05) is 6.42 Å². The van der Waals surface area contributed by atoms with E-state index in [1.807, 2.05) is 6.92 Å². The van der Waals surface area contributed by atoms with Gasteiger partial charge < -0.3 is 10.5 Å². The molecule has 1 rings (SSSR count).